The summed E-state index contributed by atoms with van der Waals surface area (Å²) in [4.78, 5) is 4.31. The predicted octanol–water partition coefficient (Wildman–Crippen LogP) is 3.34. The van der Waals surface area contributed by atoms with E-state index in [2.05, 4.69) is 26.1 Å². The van der Waals surface area contributed by atoms with Crippen LogP contribution in [0.5, 0.6) is 5.75 Å². The third-order valence-corrected chi connectivity index (χ3v) is 3.70. The summed E-state index contributed by atoms with van der Waals surface area (Å²) in [5.41, 5.74) is 0.732. The standard InChI is InChI=1S/C14H15BrN2O3/c1-8(18)11-5-4-10(15)6-12(11)19-7-13-16-14(17-20-13)9-2-3-9/h4-6,8-9,18H,2-3,7H2,1H3/t8-/m1/s1. The van der Waals surface area contributed by atoms with Crippen molar-refractivity contribution in [1.82, 2.24) is 10.1 Å². The minimum atomic E-state index is -0.595. The molecule has 1 aromatic carbocycles. The van der Waals surface area contributed by atoms with Crippen LogP contribution in [0, 0.1) is 0 Å². The number of nitrogens with zero attached hydrogens (tertiary/aromatic N) is 2. The summed E-state index contributed by atoms with van der Waals surface area (Å²) in [6.07, 6.45) is 1.68. The van der Waals surface area contributed by atoms with Crippen LogP contribution in [0.4, 0.5) is 0 Å². The lowest BCUT2D eigenvalue weighted by atomic mass is 10.1. The second kappa shape index (κ2) is 5.54. The Hall–Kier alpha value is -1.40. The number of halogens is 1. The van der Waals surface area contributed by atoms with Crippen molar-refractivity contribution in [2.45, 2.75) is 38.4 Å². The molecule has 0 unspecified atom stereocenters. The molecule has 3 rings (SSSR count). The van der Waals surface area contributed by atoms with Crippen molar-refractivity contribution in [3.8, 4) is 5.75 Å². The SMILES string of the molecule is C[C@@H](O)c1ccc(Br)cc1OCc1nc(C2CC2)no1. The fraction of sp³-hybridized carbons (Fsp3) is 0.429. The number of hydrogen-bond acceptors (Lipinski definition) is 5. The van der Waals surface area contributed by atoms with E-state index < -0.39 is 6.10 Å². The number of aliphatic hydroxyl groups is 1. The fourth-order valence-electron chi connectivity index (χ4n) is 1.95. The van der Waals surface area contributed by atoms with Crippen molar-refractivity contribution in [1.29, 1.82) is 0 Å². The van der Waals surface area contributed by atoms with Crippen LogP contribution in [-0.2, 0) is 6.61 Å². The molecule has 106 valence electrons. The first-order chi connectivity index (χ1) is 9.63. The molecule has 0 radical (unpaired) electrons. The number of rotatable bonds is 5. The van der Waals surface area contributed by atoms with Crippen LogP contribution in [0.2, 0.25) is 0 Å². The van der Waals surface area contributed by atoms with Gasteiger partial charge in [-0.15, -0.1) is 0 Å². The highest BCUT2D eigenvalue weighted by Gasteiger charge is 2.28. The van der Waals surface area contributed by atoms with Gasteiger partial charge in [-0.3, -0.25) is 0 Å². The zero-order valence-electron chi connectivity index (χ0n) is 11.0. The van der Waals surface area contributed by atoms with Crippen LogP contribution in [0.15, 0.2) is 27.2 Å². The lowest BCUT2D eigenvalue weighted by molar-refractivity contribution is 0.185. The van der Waals surface area contributed by atoms with Crippen molar-refractivity contribution >= 4 is 15.9 Å². The number of ether oxygens (including phenoxy) is 1. The molecule has 2 aromatic rings. The Morgan fingerprint density at radius 1 is 1.50 bits per heavy atom. The summed E-state index contributed by atoms with van der Waals surface area (Å²) in [6, 6.07) is 5.51. The van der Waals surface area contributed by atoms with E-state index in [0.717, 1.165) is 28.7 Å². The molecule has 0 amide bonds. The highest BCUT2D eigenvalue weighted by molar-refractivity contribution is 9.10. The van der Waals surface area contributed by atoms with Crippen LogP contribution in [0.25, 0.3) is 0 Å². The molecule has 1 aliphatic rings. The average molecular weight is 339 g/mol. The lowest BCUT2D eigenvalue weighted by Crippen LogP contribution is -2.01. The van der Waals surface area contributed by atoms with Gasteiger partial charge in [0, 0.05) is 16.0 Å². The van der Waals surface area contributed by atoms with Crippen molar-refractivity contribution in [2.24, 2.45) is 0 Å². The number of aromatic nitrogens is 2. The van der Waals surface area contributed by atoms with Crippen LogP contribution >= 0.6 is 15.9 Å². The largest absolute Gasteiger partial charge is 0.483 e. The van der Waals surface area contributed by atoms with E-state index in [1.165, 1.54) is 0 Å². The second-order valence-corrected chi connectivity index (χ2v) is 5.88. The monoisotopic (exact) mass is 338 g/mol. The molecule has 20 heavy (non-hydrogen) atoms. The van der Waals surface area contributed by atoms with E-state index in [-0.39, 0.29) is 6.61 Å². The van der Waals surface area contributed by atoms with Gasteiger partial charge in [0.1, 0.15) is 5.75 Å². The van der Waals surface area contributed by atoms with E-state index in [1.807, 2.05) is 18.2 Å². The molecule has 0 aliphatic heterocycles. The van der Waals surface area contributed by atoms with E-state index >= 15 is 0 Å². The number of benzene rings is 1. The first kappa shape index (κ1) is 13.6. The molecule has 5 nitrogen and oxygen atoms in total. The molecular formula is C14H15BrN2O3. The van der Waals surface area contributed by atoms with Gasteiger partial charge in [0.05, 0.1) is 6.10 Å². The summed E-state index contributed by atoms with van der Waals surface area (Å²) in [6.45, 7) is 1.91. The van der Waals surface area contributed by atoms with Crippen molar-refractivity contribution in [2.75, 3.05) is 0 Å². The molecular weight excluding hydrogens is 324 g/mol. The summed E-state index contributed by atoms with van der Waals surface area (Å²) in [5.74, 6) is 2.31. The molecule has 0 saturated heterocycles. The van der Waals surface area contributed by atoms with Crippen LogP contribution in [-0.4, -0.2) is 15.2 Å². The van der Waals surface area contributed by atoms with Gasteiger partial charge in [0.2, 0.25) is 0 Å². The van der Waals surface area contributed by atoms with Crippen molar-refractivity contribution < 1.29 is 14.4 Å². The maximum absolute atomic E-state index is 9.73. The minimum Gasteiger partial charge on any atom is -0.483 e. The molecule has 1 aliphatic carbocycles. The minimum absolute atomic E-state index is 0.204. The van der Waals surface area contributed by atoms with Gasteiger partial charge in [-0.1, -0.05) is 27.2 Å². The zero-order chi connectivity index (χ0) is 14.1. The Balaban J connectivity index is 1.71. The predicted molar refractivity (Wildman–Crippen MR) is 75.4 cm³/mol. The Kier molecular flexibility index (Phi) is 3.76. The van der Waals surface area contributed by atoms with Crippen LogP contribution < -0.4 is 4.74 Å². The number of aliphatic hydroxyl groups excluding tert-OH is 1. The maximum atomic E-state index is 9.73. The van der Waals surface area contributed by atoms with Gasteiger partial charge in [0.15, 0.2) is 12.4 Å². The van der Waals surface area contributed by atoms with E-state index in [9.17, 15) is 5.11 Å². The first-order valence-electron chi connectivity index (χ1n) is 6.56. The zero-order valence-corrected chi connectivity index (χ0v) is 12.6. The molecule has 1 fully saturated rings. The van der Waals surface area contributed by atoms with Gasteiger partial charge in [-0.05, 0) is 31.9 Å². The van der Waals surface area contributed by atoms with Crippen molar-refractivity contribution in [3.05, 3.63) is 40.0 Å². The Morgan fingerprint density at radius 3 is 3.00 bits per heavy atom. The summed E-state index contributed by atoms with van der Waals surface area (Å²) < 4.78 is 11.7. The lowest BCUT2D eigenvalue weighted by Gasteiger charge is -2.12. The third kappa shape index (κ3) is 3.02. The molecule has 1 aromatic heterocycles. The highest BCUT2D eigenvalue weighted by atomic mass is 79.9. The van der Waals surface area contributed by atoms with Gasteiger partial charge in [-0.25, -0.2) is 0 Å². The van der Waals surface area contributed by atoms with Crippen LogP contribution in [0.3, 0.4) is 0 Å². The van der Waals surface area contributed by atoms with Crippen LogP contribution in [0.1, 0.15) is 49.1 Å². The quantitative estimate of drug-likeness (QED) is 0.905. The molecule has 0 spiro atoms. The van der Waals surface area contributed by atoms with Gasteiger partial charge < -0.3 is 14.4 Å². The normalized spacial score (nSPS) is 16.1. The summed E-state index contributed by atoms with van der Waals surface area (Å²) >= 11 is 3.39. The van der Waals surface area contributed by atoms with Gasteiger partial charge in [0.25, 0.3) is 5.89 Å². The molecule has 1 N–H and O–H groups in total. The third-order valence-electron chi connectivity index (χ3n) is 3.20. The second-order valence-electron chi connectivity index (χ2n) is 4.97. The van der Waals surface area contributed by atoms with Gasteiger partial charge in [-0.2, -0.15) is 4.98 Å². The number of hydrogen-bond donors (Lipinski definition) is 1. The molecule has 6 heteroatoms. The Bertz CT molecular complexity index is 608. The summed E-state index contributed by atoms with van der Waals surface area (Å²) in [7, 11) is 0. The molecule has 0 bridgehead atoms. The van der Waals surface area contributed by atoms with E-state index in [1.54, 1.807) is 6.92 Å². The first-order valence-corrected chi connectivity index (χ1v) is 7.35. The van der Waals surface area contributed by atoms with E-state index in [4.69, 9.17) is 9.26 Å². The molecule has 1 heterocycles. The maximum Gasteiger partial charge on any atom is 0.264 e. The fourth-order valence-corrected chi connectivity index (χ4v) is 2.29. The smallest absolute Gasteiger partial charge is 0.264 e. The highest BCUT2D eigenvalue weighted by Crippen LogP contribution is 2.38. The van der Waals surface area contributed by atoms with Gasteiger partial charge >= 0.3 is 0 Å². The Morgan fingerprint density at radius 2 is 2.30 bits per heavy atom. The van der Waals surface area contributed by atoms with E-state index in [0.29, 0.717) is 17.6 Å². The average Bonchev–Trinajstić information content (AvgIpc) is 3.15. The summed E-state index contributed by atoms with van der Waals surface area (Å²) in [5, 5.41) is 13.7. The van der Waals surface area contributed by atoms with Crippen molar-refractivity contribution in [3.63, 3.8) is 0 Å². The molecule has 1 atom stereocenters. The Labute approximate surface area is 125 Å². The molecule has 1 saturated carbocycles. The topological polar surface area (TPSA) is 68.4 Å².